The number of carbonyl (C=O) groups is 1. The van der Waals surface area contributed by atoms with Crippen LogP contribution in [0.15, 0.2) is 0 Å². The van der Waals surface area contributed by atoms with E-state index in [2.05, 4.69) is 0 Å². The molecule has 1 aliphatic rings. The molecular weight excluding hydrogens is 256 g/mol. The highest BCUT2D eigenvalue weighted by Gasteiger charge is 2.25. The average molecular weight is 278 g/mol. The van der Waals surface area contributed by atoms with Crippen molar-refractivity contribution in [1.82, 2.24) is 4.90 Å². The van der Waals surface area contributed by atoms with Crippen LogP contribution in [0.5, 0.6) is 0 Å². The van der Waals surface area contributed by atoms with Gasteiger partial charge in [-0.2, -0.15) is 0 Å². The molecule has 0 aromatic heterocycles. The fraction of sp³-hybridized carbons (Fsp3) is 0.909. The maximum atomic E-state index is 12.0. The van der Waals surface area contributed by atoms with Gasteiger partial charge in [-0.1, -0.05) is 0 Å². The second kappa shape index (κ2) is 7.06. The second-order valence-corrected chi connectivity index (χ2v) is 6.88. The Hall–Kier alpha value is -0.660. The monoisotopic (exact) mass is 278 g/mol. The number of rotatable bonds is 5. The average Bonchev–Trinajstić information content (AvgIpc) is 2.49. The van der Waals surface area contributed by atoms with Crippen molar-refractivity contribution >= 4 is 15.7 Å². The lowest BCUT2D eigenvalue weighted by Crippen LogP contribution is -2.45. The molecular formula is C11H22N2O4S. The Morgan fingerprint density at radius 1 is 1.39 bits per heavy atom. The highest BCUT2D eigenvalue weighted by Crippen LogP contribution is 2.08. The number of nitrogens with zero attached hydrogens (tertiary/aromatic N) is 1. The number of nitrogens with two attached hydrogens (primary N) is 1. The first-order valence-corrected chi connectivity index (χ1v) is 8.02. The Morgan fingerprint density at radius 3 is 2.78 bits per heavy atom. The topological polar surface area (TPSA) is 89.7 Å². The lowest BCUT2D eigenvalue weighted by atomic mass is 10.1. The van der Waals surface area contributed by atoms with Crippen LogP contribution in [0.3, 0.4) is 0 Å². The molecule has 1 rings (SSSR count). The first-order valence-electron chi connectivity index (χ1n) is 6.20. The number of hydrogen-bond donors (Lipinski definition) is 1. The van der Waals surface area contributed by atoms with Gasteiger partial charge in [0.25, 0.3) is 0 Å². The van der Waals surface area contributed by atoms with Crippen LogP contribution >= 0.6 is 0 Å². The predicted octanol–water partition coefficient (Wildman–Crippen LogP) is -0.613. The van der Waals surface area contributed by atoms with E-state index in [-0.39, 0.29) is 24.0 Å². The zero-order valence-electron chi connectivity index (χ0n) is 10.8. The summed E-state index contributed by atoms with van der Waals surface area (Å²) in [5.41, 5.74) is 5.81. The van der Waals surface area contributed by atoms with Crippen molar-refractivity contribution in [3.8, 4) is 0 Å². The van der Waals surface area contributed by atoms with Crippen molar-refractivity contribution in [2.45, 2.75) is 25.3 Å². The highest BCUT2D eigenvalue weighted by atomic mass is 32.2. The van der Waals surface area contributed by atoms with Crippen LogP contribution < -0.4 is 5.73 Å². The summed E-state index contributed by atoms with van der Waals surface area (Å²) >= 11 is 0. The van der Waals surface area contributed by atoms with E-state index in [1.807, 2.05) is 0 Å². The van der Waals surface area contributed by atoms with Gasteiger partial charge in [0.05, 0.1) is 17.5 Å². The van der Waals surface area contributed by atoms with Crippen LogP contribution in [0.1, 0.15) is 19.3 Å². The van der Waals surface area contributed by atoms with Crippen molar-refractivity contribution in [3.63, 3.8) is 0 Å². The summed E-state index contributed by atoms with van der Waals surface area (Å²) in [6.07, 6.45) is 1.80. The van der Waals surface area contributed by atoms with Gasteiger partial charge in [0.2, 0.25) is 5.91 Å². The first kappa shape index (κ1) is 15.4. The Bertz CT molecular complexity index is 369. The standard InChI is InChI=1S/C11H22N2O4S/c1-17-7-2-4-10(12)11(14)13-5-3-8-18(15,16)9-6-13/h10H,2-9,12H2,1H3. The minimum absolute atomic E-state index is 0.0452. The van der Waals surface area contributed by atoms with E-state index < -0.39 is 15.9 Å². The zero-order chi connectivity index (χ0) is 13.6. The molecule has 0 aromatic carbocycles. The summed E-state index contributed by atoms with van der Waals surface area (Å²) < 4.78 is 27.8. The fourth-order valence-electron chi connectivity index (χ4n) is 1.96. The number of amides is 1. The van der Waals surface area contributed by atoms with Crippen LogP contribution in [0.2, 0.25) is 0 Å². The Balaban J connectivity index is 2.45. The summed E-state index contributed by atoms with van der Waals surface area (Å²) in [5, 5.41) is 0. The van der Waals surface area contributed by atoms with Gasteiger partial charge in [0, 0.05) is 26.8 Å². The van der Waals surface area contributed by atoms with Gasteiger partial charge < -0.3 is 15.4 Å². The van der Waals surface area contributed by atoms with Crippen LogP contribution in [-0.2, 0) is 19.4 Å². The van der Waals surface area contributed by atoms with Crippen LogP contribution in [0.25, 0.3) is 0 Å². The van der Waals surface area contributed by atoms with Crippen molar-refractivity contribution < 1.29 is 17.9 Å². The Labute approximate surface area is 108 Å². The van der Waals surface area contributed by atoms with Gasteiger partial charge in [-0.05, 0) is 19.3 Å². The Morgan fingerprint density at radius 2 is 2.11 bits per heavy atom. The van der Waals surface area contributed by atoms with Gasteiger partial charge in [0.15, 0.2) is 9.84 Å². The summed E-state index contributed by atoms with van der Waals surface area (Å²) in [4.78, 5) is 13.6. The first-order chi connectivity index (χ1) is 8.46. The molecule has 2 N–H and O–H groups in total. The normalized spacial score (nSPS) is 21.3. The molecule has 0 radical (unpaired) electrons. The third kappa shape index (κ3) is 4.91. The largest absolute Gasteiger partial charge is 0.385 e. The number of methoxy groups -OCH3 is 1. The number of sulfone groups is 1. The molecule has 0 saturated carbocycles. The molecule has 0 spiro atoms. The van der Waals surface area contributed by atoms with Gasteiger partial charge >= 0.3 is 0 Å². The van der Waals surface area contributed by atoms with Crippen LogP contribution in [0.4, 0.5) is 0 Å². The van der Waals surface area contributed by atoms with E-state index in [1.165, 1.54) is 0 Å². The zero-order valence-corrected chi connectivity index (χ0v) is 11.6. The molecule has 1 aliphatic heterocycles. The molecule has 18 heavy (non-hydrogen) atoms. The van der Waals surface area contributed by atoms with Gasteiger partial charge in [-0.15, -0.1) is 0 Å². The number of ether oxygens (including phenoxy) is 1. The second-order valence-electron chi connectivity index (χ2n) is 4.57. The van der Waals surface area contributed by atoms with Crippen molar-refractivity contribution in [3.05, 3.63) is 0 Å². The third-order valence-corrected chi connectivity index (χ3v) is 4.76. The fourth-order valence-corrected chi connectivity index (χ4v) is 3.24. The highest BCUT2D eigenvalue weighted by molar-refractivity contribution is 7.91. The van der Waals surface area contributed by atoms with E-state index in [0.717, 1.165) is 6.42 Å². The van der Waals surface area contributed by atoms with Gasteiger partial charge in [0.1, 0.15) is 0 Å². The summed E-state index contributed by atoms with van der Waals surface area (Å²) in [7, 11) is -1.38. The van der Waals surface area contributed by atoms with E-state index >= 15 is 0 Å². The summed E-state index contributed by atoms with van der Waals surface area (Å²) in [5.74, 6) is 0.0578. The van der Waals surface area contributed by atoms with Gasteiger partial charge in [-0.3, -0.25) is 4.79 Å². The molecule has 1 fully saturated rings. The van der Waals surface area contributed by atoms with Crippen LogP contribution in [0, 0.1) is 0 Å². The number of hydrogen-bond acceptors (Lipinski definition) is 5. The van der Waals surface area contributed by atoms with Crippen LogP contribution in [-0.4, -0.2) is 63.6 Å². The molecule has 6 nitrogen and oxygen atoms in total. The van der Waals surface area contributed by atoms with Crippen molar-refractivity contribution in [2.75, 3.05) is 38.3 Å². The minimum Gasteiger partial charge on any atom is -0.385 e. The van der Waals surface area contributed by atoms with E-state index in [9.17, 15) is 13.2 Å². The molecule has 0 aliphatic carbocycles. The quantitative estimate of drug-likeness (QED) is 0.677. The molecule has 1 amide bonds. The molecule has 1 heterocycles. The molecule has 1 saturated heterocycles. The van der Waals surface area contributed by atoms with Crippen molar-refractivity contribution in [2.24, 2.45) is 5.73 Å². The lowest BCUT2D eigenvalue weighted by molar-refractivity contribution is -0.132. The molecule has 7 heteroatoms. The predicted molar refractivity (Wildman–Crippen MR) is 68.9 cm³/mol. The minimum atomic E-state index is -2.99. The maximum Gasteiger partial charge on any atom is 0.239 e. The van der Waals surface area contributed by atoms with Crippen molar-refractivity contribution in [1.29, 1.82) is 0 Å². The summed E-state index contributed by atoms with van der Waals surface area (Å²) in [6.45, 7) is 1.32. The molecule has 1 atom stereocenters. The van der Waals surface area contributed by atoms with E-state index in [1.54, 1.807) is 12.0 Å². The Kier molecular flexibility index (Phi) is 6.04. The maximum absolute atomic E-state index is 12.0. The molecule has 0 aromatic rings. The smallest absolute Gasteiger partial charge is 0.239 e. The lowest BCUT2D eigenvalue weighted by Gasteiger charge is -2.23. The SMILES string of the molecule is COCCCC(N)C(=O)N1CCCS(=O)(=O)CC1. The molecule has 106 valence electrons. The summed E-state index contributed by atoms with van der Waals surface area (Å²) in [6, 6.07) is -0.555. The molecule has 0 bridgehead atoms. The van der Waals surface area contributed by atoms with Gasteiger partial charge in [-0.25, -0.2) is 8.42 Å². The third-order valence-electron chi connectivity index (χ3n) is 3.05. The van der Waals surface area contributed by atoms with E-state index in [4.69, 9.17) is 10.5 Å². The van der Waals surface area contributed by atoms with E-state index in [0.29, 0.717) is 26.0 Å². The number of carbonyl (C=O) groups excluding carboxylic acids is 1. The molecule has 1 unspecified atom stereocenters.